The van der Waals surface area contributed by atoms with E-state index in [1.807, 2.05) is 0 Å². The van der Waals surface area contributed by atoms with E-state index in [-0.39, 0.29) is 5.82 Å². The Morgan fingerprint density at radius 3 is 2.73 bits per heavy atom. The number of halogens is 3. The van der Waals surface area contributed by atoms with Gasteiger partial charge in [-0.15, -0.1) is 0 Å². The van der Waals surface area contributed by atoms with Crippen molar-refractivity contribution in [1.82, 2.24) is 9.55 Å². The van der Waals surface area contributed by atoms with Crippen molar-refractivity contribution < 1.29 is 14.9 Å². The van der Waals surface area contributed by atoms with Gasteiger partial charge in [-0.2, -0.15) is 4.98 Å². The predicted octanol–water partition coefficient (Wildman–Crippen LogP) is 1.15. The summed E-state index contributed by atoms with van der Waals surface area (Å²) >= 11 is 17.0. The fourth-order valence-corrected chi connectivity index (χ4v) is 5.00. The Morgan fingerprint density at radius 1 is 1.50 bits per heavy atom. The molecule has 12 heteroatoms. The number of nitrogens with two attached hydrogens (primary N) is 1. The van der Waals surface area contributed by atoms with E-state index in [0.29, 0.717) is 0 Å². The molecule has 2 unspecified atom stereocenters. The van der Waals surface area contributed by atoms with Crippen molar-refractivity contribution in [3.8, 4) is 0 Å². The standard InChI is InChI=1S/C10H12Cl3N3O4S2/c11-10(12,13)22-21-7-6(18)4(3-17)20-8(7)16-2-1-5(14)15-9(16)19/h1-2,4,6-8,17-18H,3H2,(H2,14,15,19)/t4-,6?,7?,8-/m1/s1. The minimum absolute atomic E-state index is 0.0679. The first-order chi connectivity index (χ1) is 10.2. The smallest absolute Gasteiger partial charge is 0.351 e. The number of anilines is 1. The Kier molecular flexibility index (Phi) is 6.17. The Bertz CT molecular complexity index is 585. The molecule has 0 amide bonds. The van der Waals surface area contributed by atoms with Gasteiger partial charge in [-0.3, -0.25) is 4.57 Å². The highest BCUT2D eigenvalue weighted by Gasteiger charge is 2.46. The Morgan fingerprint density at radius 2 is 2.18 bits per heavy atom. The van der Waals surface area contributed by atoms with Gasteiger partial charge in [0.25, 0.3) is 0 Å². The molecule has 7 nitrogen and oxygen atoms in total. The van der Waals surface area contributed by atoms with E-state index in [4.69, 9.17) is 45.3 Å². The van der Waals surface area contributed by atoms with E-state index in [0.717, 1.165) is 21.6 Å². The molecule has 1 saturated heterocycles. The first-order valence-electron chi connectivity index (χ1n) is 5.93. The third kappa shape index (κ3) is 4.35. The summed E-state index contributed by atoms with van der Waals surface area (Å²) < 4.78 is 5.10. The summed E-state index contributed by atoms with van der Waals surface area (Å²) in [5.41, 5.74) is 4.80. The number of aromatic nitrogens is 2. The minimum atomic E-state index is -1.60. The highest BCUT2D eigenvalue weighted by molar-refractivity contribution is 8.78. The molecular formula is C10H12Cl3N3O4S2. The summed E-state index contributed by atoms with van der Waals surface area (Å²) in [6.07, 6.45) is -1.39. The van der Waals surface area contributed by atoms with Crippen LogP contribution in [0.15, 0.2) is 17.1 Å². The van der Waals surface area contributed by atoms with Crippen LogP contribution in [0.5, 0.6) is 0 Å². The second-order valence-electron chi connectivity index (χ2n) is 4.37. The number of aliphatic hydroxyl groups excluding tert-OH is 2. The first kappa shape index (κ1) is 18.5. The number of ether oxygens (including phenoxy) is 1. The molecule has 4 N–H and O–H groups in total. The summed E-state index contributed by atoms with van der Waals surface area (Å²) in [6, 6.07) is 1.42. The maximum atomic E-state index is 11.9. The van der Waals surface area contributed by atoms with Gasteiger partial charge in [0.2, 0.25) is 3.12 Å². The van der Waals surface area contributed by atoms with Gasteiger partial charge < -0.3 is 20.7 Å². The van der Waals surface area contributed by atoms with Crippen LogP contribution in [0.2, 0.25) is 0 Å². The fraction of sp³-hybridized carbons (Fsp3) is 0.600. The molecule has 0 bridgehead atoms. The maximum Gasteiger partial charge on any atom is 0.351 e. The molecule has 2 heterocycles. The van der Waals surface area contributed by atoms with Gasteiger partial charge in [0.15, 0.2) is 6.23 Å². The fourth-order valence-electron chi connectivity index (χ4n) is 1.93. The van der Waals surface area contributed by atoms with Crippen molar-refractivity contribution in [2.24, 2.45) is 0 Å². The lowest BCUT2D eigenvalue weighted by atomic mass is 10.2. The van der Waals surface area contributed by atoms with E-state index in [1.165, 1.54) is 16.8 Å². The zero-order valence-electron chi connectivity index (χ0n) is 10.8. The van der Waals surface area contributed by atoms with Crippen molar-refractivity contribution in [3.63, 3.8) is 0 Å². The van der Waals surface area contributed by atoms with Gasteiger partial charge in [-0.25, -0.2) is 4.79 Å². The van der Waals surface area contributed by atoms with Gasteiger partial charge in [-0.1, -0.05) is 45.6 Å². The first-order valence-corrected chi connectivity index (χ1v) is 9.28. The molecule has 22 heavy (non-hydrogen) atoms. The van der Waals surface area contributed by atoms with E-state index in [9.17, 15) is 15.0 Å². The molecule has 2 rings (SSSR count). The Labute approximate surface area is 148 Å². The largest absolute Gasteiger partial charge is 0.394 e. The van der Waals surface area contributed by atoms with Crippen molar-refractivity contribution in [1.29, 1.82) is 0 Å². The highest BCUT2D eigenvalue weighted by atomic mass is 35.6. The molecule has 0 spiro atoms. The van der Waals surface area contributed by atoms with E-state index >= 15 is 0 Å². The maximum absolute atomic E-state index is 11.9. The molecule has 0 radical (unpaired) electrons. The zero-order chi connectivity index (χ0) is 16.5. The van der Waals surface area contributed by atoms with Crippen LogP contribution < -0.4 is 11.4 Å². The van der Waals surface area contributed by atoms with Gasteiger partial charge >= 0.3 is 5.69 Å². The lowest BCUT2D eigenvalue weighted by Gasteiger charge is -2.22. The van der Waals surface area contributed by atoms with Crippen LogP contribution >= 0.6 is 56.4 Å². The molecule has 1 aliphatic heterocycles. The Balaban J connectivity index is 2.27. The average Bonchev–Trinajstić information content (AvgIpc) is 2.72. The molecule has 1 aromatic heterocycles. The molecule has 124 valence electrons. The van der Waals surface area contributed by atoms with E-state index in [2.05, 4.69) is 4.98 Å². The van der Waals surface area contributed by atoms with Crippen LogP contribution in [0.1, 0.15) is 6.23 Å². The number of nitrogen functional groups attached to an aromatic ring is 1. The number of aliphatic hydroxyl groups is 2. The second-order valence-corrected chi connectivity index (χ2v) is 9.92. The van der Waals surface area contributed by atoms with E-state index < -0.39 is 39.1 Å². The van der Waals surface area contributed by atoms with Gasteiger partial charge in [0, 0.05) is 6.20 Å². The molecule has 1 fully saturated rings. The third-order valence-corrected chi connectivity index (χ3v) is 7.11. The molecule has 0 saturated carbocycles. The average molecular weight is 409 g/mol. The highest BCUT2D eigenvalue weighted by Crippen LogP contribution is 2.51. The van der Waals surface area contributed by atoms with Crippen LogP contribution in [0.3, 0.4) is 0 Å². The van der Waals surface area contributed by atoms with Crippen molar-refractivity contribution in [3.05, 3.63) is 22.7 Å². The molecule has 1 aromatic rings. The lowest BCUT2D eigenvalue weighted by Crippen LogP contribution is -2.34. The van der Waals surface area contributed by atoms with Crippen molar-refractivity contribution in [2.75, 3.05) is 12.3 Å². The molecular weight excluding hydrogens is 397 g/mol. The topological polar surface area (TPSA) is 111 Å². The van der Waals surface area contributed by atoms with Crippen LogP contribution in [-0.4, -0.2) is 47.0 Å². The normalized spacial score (nSPS) is 29.0. The van der Waals surface area contributed by atoms with Crippen LogP contribution in [-0.2, 0) is 4.74 Å². The SMILES string of the molecule is Nc1ccn([C@@H]2O[C@H](CO)C(O)C2SSC(Cl)(Cl)Cl)c(=O)n1. The molecule has 4 atom stereocenters. The van der Waals surface area contributed by atoms with Gasteiger partial charge in [0.1, 0.15) is 11.9 Å². The van der Waals surface area contributed by atoms with Crippen LogP contribution in [0, 0.1) is 0 Å². The van der Waals surface area contributed by atoms with E-state index in [1.54, 1.807) is 0 Å². The number of hydrogen-bond acceptors (Lipinski definition) is 8. The summed E-state index contributed by atoms with van der Waals surface area (Å²) in [7, 11) is 1.94. The second kappa shape index (κ2) is 7.35. The molecule has 0 aromatic carbocycles. The van der Waals surface area contributed by atoms with Gasteiger partial charge in [0.05, 0.1) is 18.0 Å². The van der Waals surface area contributed by atoms with Gasteiger partial charge in [-0.05, 0) is 16.9 Å². The Hall–Kier alpha value is 0.130. The monoisotopic (exact) mass is 407 g/mol. The molecule has 1 aliphatic rings. The van der Waals surface area contributed by atoms with Crippen molar-refractivity contribution >= 4 is 62.2 Å². The zero-order valence-corrected chi connectivity index (χ0v) is 14.7. The summed E-state index contributed by atoms with van der Waals surface area (Å²) in [5, 5.41) is 18.8. The van der Waals surface area contributed by atoms with Crippen LogP contribution in [0.25, 0.3) is 0 Å². The predicted molar refractivity (Wildman–Crippen MR) is 89.2 cm³/mol. The van der Waals surface area contributed by atoms with Crippen molar-refractivity contribution in [2.45, 2.75) is 26.8 Å². The number of nitrogens with zero attached hydrogens (tertiary/aromatic N) is 2. The van der Waals surface area contributed by atoms with Crippen LogP contribution in [0.4, 0.5) is 5.82 Å². The third-order valence-electron chi connectivity index (χ3n) is 2.87. The number of rotatable bonds is 4. The summed E-state index contributed by atoms with van der Waals surface area (Å²) in [6.45, 7) is -0.412. The lowest BCUT2D eigenvalue weighted by molar-refractivity contribution is -0.0456. The summed E-state index contributed by atoms with van der Waals surface area (Å²) in [4.78, 5) is 15.5. The summed E-state index contributed by atoms with van der Waals surface area (Å²) in [5.74, 6) is 0.0679. The quantitative estimate of drug-likeness (QED) is 0.503. The molecule has 0 aliphatic carbocycles. The minimum Gasteiger partial charge on any atom is -0.394 e. The number of hydrogen-bond donors (Lipinski definition) is 3. The number of alkyl halides is 3.